The predicted octanol–water partition coefficient (Wildman–Crippen LogP) is 4.59. The van der Waals surface area contributed by atoms with Gasteiger partial charge in [-0.15, -0.1) is 0 Å². The summed E-state index contributed by atoms with van der Waals surface area (Å²) in [6.45, 7) is 2.01. The zero-order valence-corrected chi connectivity index (χ0v) is 13.0. The number of furan rings is 1. The summed E-state index contributed by atoms with van der Waals surface area (Å²) in [4.78, 5) is 0. The zero-order chi connectivity index (χ0) is 13.8. The largest absolute Gasteiger partial charge is 0.464 e. The smallest absolute Gasteiger partial charge is 0.134 e. The van der Waals surface area contributed by atoms with Gasteiger partial charge in [-0.25, -0.2) is 0 Å². The van der Waals surface area contributed by atoms with E-state index < -0.39 is 0 Å². The van der Waals surface area contributed by atoms with Crippen LogP contribution in [-0.4, -0.2) is 17.5 Å². The van der Waals surface area contributed by atoms with Crippen LogP contribution in [0.3, 0.4) is 0 Å². The highest BCUT2D eigenvalue weighted by Crippen LogP contribution is 2.38. The van der Waals surface area contributed by atoms with Crippen LogP contribution in [0, 0.1) is 0 Å². The Kier molecular flexibility index (Phi) is 4.37. The quantitative estimate of drug-likeness (QED) is 0.871. The second-order valence-corrected chi connectivity index (χ2v) is 7.08. The highest BCUT2D eigenvalue weighted by Gasteiger charge is 2.30. The lowest BCUT2D eigenvalue weighted by Gasteiger charge is -2.36. The van der Waals surface area contributed by atoms with Gasteiger partial charge in [0.2, 0.25) is 0 Å². The van der Waals surface area contributed by atoms with Crippen molar-refractivity contribution in [2.45, 2.75) is 43.4 Å². The molecule has 1 fully saturated rings. The molecule has 2 nitrogen and oxygen atoms in total. The Balaban J connectivity index is 1.62. The van der Waals surface area contributed by atoms with Gasteiger partial charge in [0.15, 0.2) is 0 Å². The molecule has 0 aliphatic heterocycles. The van der Waals surface area contributed by atoms with Gasteiger partial charge in [0.1, 0.15) is 5.58 Å². The molecule has 108 valence electrons. The molecule has 1 aliphatic carbocycles. The van der Waals surface area contributed by atoms with Gasteiger partial charge in [-0.3, -0.25) is 0 Å². The van der Waals surface area contributed by atoms with Crippen molar-refractivity contribution >= 4 is 22.7 Å². The molecule has 1 N–H and O–H groups in total. The van der Waals surface area contributed by atoms with E-state index in [0.717, 1.165) is 18.7 Å². The molecule has 2 aromatic rings. The molecule has 0 radical (unpaired) electrons. The third-order valence-electron chi connectivity index (χ3n) is 4.52. The lowest BCUT2D eigenvalue weighted by Crippen LogP contribution is -2.39. The van der Waals surface area contributed by atoms with Crippen molar-refractivity contribution in [2.24, 2.45) is 0 Å². The second kappa shape index (κ2) is 6.23. The van der Waals surface area contributed by atoms with Crippen molar-refractivity contribution < 1.29 is 4.42 Å². The molecule has 3 rings (SSSR count). The second-order valence-electron chi connectivity index (χ2n) is 5.81. The van der Waals surface area contributed by atoms with Crippen molar-refractivity contribution in [1.29, 1.82) is 0 Å². The van der Waals surface area contributed by atoms with E-state index in [4.69, 9.17) is 4.42 Å². The molecule has 1 heterocycles. The molecule has 1 aromatic heterocycles. The Morgan fingerprint density at radius 2 is 2.00 bits per heavy atom. The first-order chi connectivity index (χ1) is 9.83. The number of hydrogen-bond donors (Lipinski definition) is 1. The minimum absolute atomic E-state index is 0.456. The summed E-state index contributed by atoms with van der Waals surface area (Å²) in [5.74, 6) is 0. The Hall–Kier alpha value is -0.930. The number of fused-ring (bicyclic) bond motifs is 1. The SMILES string of the molecule is CSC1(CNCc2coc3ccccc23)CCCCC1. The third kappa shape index (κ3) is 2.89. The summed E-state index contributed by atoms with van der Waals surface area (Å²) in [5.41, 5.74) is 2.26. The maximum atomic E-state index is 5.60. The molecule has 3 heteroatoms. The average Bonchev–Trinajstić information content (AvgIpc) is 2.92. The first-order valence-electron chi connectivity index (χ1n) is 7.54. The van der Waals surface area contributed by atoms with E-state index in [1.807, 2.05) is 30.2 Å². The highest BCUT2D eigenvalue weighted by molar-refractivity contribution is 8.00. The van der Waals surface area contributed by atoms with Crippen molar-refractivity contribution in [3.63, 3.8) is 0 Å². The van der Waals surface area contributed by atoms with Crippen molar-refractivity contribution in [2.75, 3.05) is 12.8 Å². The summed E-state index contributed by atoms with van der Waals surface area (Å²) in [6.07, 6.45) is 11.0. The van der Waals surface area contributed by atoms with Gasteiger partial charge in [0.25, 0.3) is 0 Å². The van der Waals surface area contributed by atoms with E-state index in [9.17, 15) is 0 Å². The molecule has 0 bridgehead atoms. The van der Waals surface area contributed by atoms with Crippen molar-refractivity contribution in [3.05, 3.63) is 36.1 Å². The average molecular weight is 289 g/mol. The van der Waals surface area contributed by atoms with Gasteiger partial charge in [-0.2, -0.15) is 11.8 Å². The molecule has 20 heavy (non-hydrogen) atoms. The first-order valence-corrected chi connectivity index (χ1v) is 8.76. The number of hydrogen-bond acceptors (Lipinski definition) is 3. The molecule has 0 unspecified atom stereocenters. The fourth-order valence-electron chi connectivity index (χ4n) is 3.24. The van der Waals surface area contributed by atoms with E-state index in [-0.39, 0.29) is 0 Å². The molecule has 0 saturated heterocycles. The van der Waals surface area contributed by atoms with Gasteiger partial charge in [-0.05, 0) is 25.2 Å². The number of nitrogens with one attached hydrogen (secondary N) is 1. The van der Waals surface area contributed by atoms with Crippen molar-refractivity contribution in [1.82, 2.24) is 5.32 Å². The summed E-state index contributed by atoms with van der Waals surface area (Å²) < 4.78 is 6.05. The number of benzene rings is 1. The minimum atomic E-state index is 0.456. The standard InChI is InChI=1S/C17H23NOS/c1-20-17(9-5-2-6-10-17)13-18-11-14-12-19-16-8-4-3-7-15(14)16/h3-4,7-8,12,18H,2,5-6,9-11,13H2,1H3. The zero-order valence-electron chi connectivity index (χ0n) is 12.2. The van der Waals surface area contributed by atoms with Crippen LogP contribution in [0.25, 0.3) is 11.0 Å². The predicted molar refractivity (Wildman–Crippen MR) is 87.3 cm³/mol. The fraction of sp³-hybridized carbons (Fsp3) is 0.529. The van der Waals surface area contributed by atoms with E-state index in [2.05, 4.69) is 23.7 Å². The van der Waals surface area contributed by atoms with Crippen LogP contribution in [0.1, 0.15) is 37.7 Å². The Bertz CT molecular complexity index is 557. The summed E-state index contributed by atoms with van der Waals surface area (Å²) in [7, 11) is 0. The van der Waals surface area contributed by atoms with Crippen molar-refractivity contribution in [3.8, 4) is 0 Å². The van der Waals surface area contributed by atoms with Crippen LogP contribution in [0.15, 0.2) is 34.9 Å². The Labute approximate surface area is 125 Å². The van der Waals surface area contributed by atoms with Crippen LogP contribution in [-0.2, 0) is 6.54 Å². The maximum absolute atomic E-state index is 5.60. The molecular weight excluding hydrogens is 266 g/mol. The first kappa shape index (κ1) is 14.0. The highest BCUT2D eigenvalue weighted by atomic mass is 32.2. The molecule has 1 aliphatic rings. The fourth-order valence-corrected chi connectivity index (χ4v) is 4.19. The third-order valence-corrected chi connectivity index (χ3v) is 5.94. The molecule has 1 saturated carbocycles. The number of thioether (sulfide) groups is 1. The monoisotopic (exact) mass is 289 g/mol. The number of para-hydroxylation sites is 1. The molecule has 0 atom stereocenters. The normalized spacial score (nSPS) is 18.4. The Morgan fingerprint density at radius 1 is 1.20 bits per heavy atom. The van der Waals surface area contributed by atoms with Crippen LogP contribution < -0.4 is 5.32 Å². The molecule has 1 aromatic carbocycles. The summed E-state index contributed by atoms with van der Waals surface area (Å²) in [5, 5.41) is 4.90. The van der Waals surface area contributed by atoms with E-state index in [0.29, 0.717) is 4.75 Å². The van der Waals surface area contributed by atoms with Crippen LogP contribution in [0.2, 0.25) is 0 Å². The lowest BCUT2D eigenvalue weighted by molar-refractivity contribution is 0.379. The van der Waals surface area contributed by atoms with E-state index in [1.54, 1.807) is 0 Å². The molecular formula is C17H23NOS. The van der Waals surface area contributed by atoms with Crippen LogP contribution in [0.5, 0.6) is 0 Å². The van der Waals surface area contributed by atoms with Gasteiger partial charge in [0, 0.05) is 28.8 Å². The summed E-state index contributed by atoms with van der Waals surface area (Å²) in [6, 6.07) is 8.27. The number of rotatable bonds is 5. The van der Waals surface area contributed by atoms with E-state index in [1.165, 1.54) is 43.1 Å². The maximum Gasteiger partial charge on any atom is 0.134 e. The van der Waals surface area contributed by atoms with E-state index >= 15 is 0 Å². The summed E-state index contributed by atoms with van der Waals surface area (Å²) >= 11 is 2.05. The molecule has 0 spiro atoms. The Morgan fingerprint density at radius 3 is 2.80 bits per heavy atom. The van der Waals surface area contributed by atoms with Crippen LogP contribution >= 0.6 is 11.8 Å². The molecule has 0 amide bonds. The van der Waals surface area contributed by atoms with Gasteiger partial charge in [-0.1, -0.05) is 37.5 Å². The topological polar surface area (TPSA) is 25.2 Å². The van der Waals surface area contributed by atoms with Gasteiger partial charge >= 0.3 is 0 Å². The van der Waals surface area contributed by atoms with Gasteiger partial charge in [0.05, 0.1) is 6.26 Å². The lowest BCUT2D eigenvalue weighted by atomic mass is 9.88. The minimum Gasteiger partial charge on any atom is -0.464 e. The van der Waals surface area contributed by atoms with Crippen LogP contribution in [0.4, 0.5) is 0 Å². The van der Waals surface area contributed by atoms with Gasteiger partial charge < -0.3 is 9.73 Å².